The van der Waals surface area contributed by atoms with Crippen molar-refractivity contribution in [2.75, 3.05) is 6.61 Å². The Labute approximate surface area is 164 Å². The summed E-state index contributed by atoms with van der Waals surface area (Å²) in [5.41, 5.74) is 1.02. The summed E-state index contributed by atoms with van der Waals surface area (Å²) in [5.74, 6) is -0.596. The van der Waals surface area contributed by atoms with Crippen LogP contribution in [0.2, 0.25) is 0 Å². The second-order valence-electron chi connectivity index (χ2n) is 6.81. The van der Waals surface area contributed by atoms with Crippen LogP contribution in [0.15, 0.2) is 42.9 Å². The van der Waals surface area contributed by atoms with Crippen LogP contribution in [0.25, 0.3) is 22.2 Å². The molecule has 2 atom stereocenters. The first-order chi connectivity index (χ1) is 13.7. The van der Waals surface area contributed by atoms with Crippen LogP contribution in [-0.2, 0) is 6.18 Å². The number of aromatic nitrogens is 3. The molecule has 1 amide bonds. The number of carbonyl (C=O) groups excluding carboxylic acids is 1. The number of aliphatic hydroxyl groups excluding tert-OH is 1. The molecule has 0 radical (unpaired) electrons. The average molecular weight is 404 g/mol. The first-order valence-electron chi connectivity index (χ1n) is 8.91. The van der Waals surface area contributed by atoms with E-state index in [9.17, 15) is 23.1 Å². The zero-order valence-electron chi connectivity index (χ0n) is 15.7. The van der Waals surface area contributed by atoms with E-state index in [1.54, 1.807) is 13.8 Å². The predicted molar refractivity (Wildman–Crippen MR) is 101 cm³/mol. The van der Waals surface area contributed by atoms with Crippen molar-refractivity contribution in [2.24, 2.45) is 5.92 Å². The summed E-state index contributed by atoms with van der Waals surface area (Å²) in [6.45, 7) is 3.49. The molecule has 2 N–H and O–H groups in total. The Morgan fingerprint density at radius 1 is 1.14 bits per heavy atom. The molecule has 2 aromatic heterocycles. The number of alkyl halides is 3. The fourth-order valence-electron chi connectivity index (χ4n) is 2.68. The number of aliphatic hydroxyl groups is 1. The molecule has 0 saturated carbocycles. The topological polar surface area (TPSA) is 88.0 Å². The summed E-state index contributed by atoms with van der Waals surface area (Å²) in [4.78, 5) is 25.1. The summed E-state index contributed by atoms with van der Waals surface area (Å²) in [6.07, 6.45) is -0.180. The van der Waals surface area contributed by atoms with Gasteiger partial charge in [0, 0.05) is 24.4 Å². The Bertz CT molecular complexity index is 1020. The second-order valence-corrected chi connectivity index (χ2v) is 6.81. The lowest BCUT2D eigenvalue weighted by Crippen LogP contribution is -2.38. The van der Waals surface area contributed by atoms with Crippen LogP contribution in [0.5, 0.6) is 0 Å². The van der Waals surface area contributed by atoms with Gasteiger partial charge in [0.15, 0.2) is 0 Å². The average Bonchev–Trinajstić information content (AvgIpc) is 2.71. The Balaban J connectivity index is 1.97. The zero-order chi connectivity index (χ0) is 21.2. The number of hydrogen-bond donors (Lipinski definition) is 2. The highest BCUT2D eigenvalue weighted by molar-refractivity contribution is 5.96. The van der Waals surface area contributed by atoms with Gasteiger partial charge in [-0.15, -0.1) is 0 Å². The number of rotatable bonds is 5. The van der Waals surface area contributed by atoms with E-state index in [0.29, 0.717) is 22.2 Å². The lowest BCUT2D eigenvalue weighted by Gasteiger charge is -2.19. The molecule has 3 aromatic rings. The lowest BCUT2D eigenvalue weighted by atomic mass is 10.0. The first-order valence-corrected chi connectivity index (χ1v) is 8.91. The normalized spacial score (nSPS) is 13.9. The van der Waals surface area contributed by atoms with Crippen molar-refractivity contribution >= 4 is 16.9 Å². The molecular weight excluding hydrogens is 385 g/mol. The van der Waals surface area contributed by atoms with Crippen molar-refractivity contribution in [1.29, 1.82) is 0 Å². The SMILES string of the molecule is CC(CO)C(C)NC(=O)c1cnc2cncc(-c3ccc(C(F)(F)F)cc3)c2n1. The first kappa shape index (κ1) is 20.7. The van der Waals surface area contributed by atoms with Gasteiger partial charge in [0.25, 0.3) is 5.91 Å². The van der Waals surface area contributed by atoms with Crippen molar-refractivity contribution in [3.05, 3.63) is 54.1 Å². The van der Waals surface area contributed by atoms with Gasteiger partial charge in [-0.2, -0.15) is 13.2 Å². The maximum absolute atomic E-state index is 12.8. The van der Waals surface area contributed by atoms with Gasteiger partial charge < -0.3 is 10.4 Å². The summed E-state index contributed by atoms with van der Waals surface area (Å²) in [7, 11) is 0. The molecule has 0 fully saturated rings. The van der Waals surface area contributed by atoms with Crippen molar-refractivity contribution in [3.63, 3.8) is 0 Å². The second kappa shape index (κ2) is 8.12. The number of benzene rings is 1. The largest absolute Gasteiger partial charge is 0.416 e. The summed E-state index contributed by atoms with van der Waals surface area (Å²) >= 11 is 0. The number of pyridine rings is 1. The van der Waals surface area contributed by atoms with Gasteiger partial charge in [-0.3, -0.25) is 14.8 Å². The maximum atomic E-state index is 12.8. The standard InChI is InChI=1S/C20H19F3N4O2/c1-11(10-28)12(2)26-19(29)17-9-25-16-8-24-7-15(18(16)27-17)13-3-5-14(6-4-13)20(21,22)23/h3-9,11-12,28H,10H2,1-2H3,(H,26,29). The minimum absolute atomic E-state index is 0.0638. The van der Waals surface area contributed by atoms with E-state index in [1.165, 1.54) is 30.7 Å². The number of halogens is 3. The third-order valence-corrected chi connectivity index (χ3v) is 4.71. The van der Waals surface area contributed by atoms with E-state index < -0.39 is 17.6 Å². The fourth-order valence-corrected chi connectivity index (χ4v) is 2.68. The minimum Gasteiger partial charge on any atom is -0.396 e. The van der Waals surface area contributed by atoms with E-state index in [4.69, 9.17) is 0 Å². The summed E-state index contributed by atoms with van der Waals surface area (Å²) in [6, 6.07) is 4.35. The highest BCUT2D eigenvalue weighted by Crippen LogP contribution is 2.32. The van der Waals surface area contributed by atoms with E-state index in [2.05, 4.69) is 20.3 Å². The molecule has 0 spiro atoms. The Morgan fingerprint density at radius 2 is 1.83 bits per heavy atom. The highest BCUT2D eigenvalue weighted by atomic mass is 19.4. The van der Waals surface area contributed by atoms with Crippen LogP contribution >= 0.6 is 0 Å². The van der Waals surface area contributed by atoms with Gasteiger partial charge in [0.05, 0.1) is 18.0 Å². The van der Waals surface area contributed by atoms with Crippen molar-refractivity contribution in [1.82, 2.24) is 20.3 Å². The molecule has 0 aliphatic rings. The third-order valence-electron chi connectivity index (χ3n) is 4.71. The smallest absolute Gasteiger partial charge is 0.396 e. The van der Waals surface area contributed by atoms with E-state index in [-0.39, 0.29) is 24.3 Å². The van der Waals surface area contributed by atoms with Crippen LogP contribution in [0.3, 0.4) is 0 Å². The van der Waals surface area contributed by atoms with Crippen LogP contribution in [0, 0.1) is 5.92 Å². The summed E-state index contributed by atoms with van der Waals surface area (Å²) < 4.78 is 38.4. The fraction of sp³-hybridized carbons (Fsp3) is 0.300. The molecule has 0 saturated heterocycles. The number of nitrogens with one attached hydrogen (secondary N) is 1. The van der Waals surface area contributed by atoms with E-state index in [0.717, 1.165) is 12.1 Å². The maximum Gasteiger partial charge on any atom is 0.416 e. The molecule has 0 aliphatic heterocycles. The molecule has 6 nitrogen and oxygen atoms in total. The number of fused-ring (bicyclic) bond motifs is 1. The van der Waals surface area contributed by atoms with Gasteiger partial charge in [0.1, 0.15) is 16.7 Å². The molecule has 0 bridgehead atoms. The van der Waals surface area contributed by atoms with Gasteiger partial charge >= 0.3 is 6.18 Å². The van der Waals surface area contributed by atoms with Gasteiger partial charge in [-0.05, 0) is 30.5 Å². The molecule has 9 heteroatoms. The van der Waals surface area contributed by atoms with Crippen LogP contribution in [0.1, 0.15) is 29.9 Å². The van der Waals surface area contributed by atoms with Crippen LogP contribution < -0.4 is 5.32 Å². The molecule has 29 heavy (non-hydrogen) atoms. The Morgan fingerprint density at radius 3 is 2.45 bits per heavy atom. The summed E-state index contributed by atoms with van der Waals surface area (Å²) in [5, 5.41) is 12.0. The van der Waals surface area contributed by atoms with Crippen molar-refractivity contribution in [2.45, 2.75) is 26.1 Å². The Kier molecular flexibility index (Phi) is 5.78. The third kappa shape index (κ3) is 4.51. The number of nitrogens with zero attached hydrogens (tertiary/aromatic N) is 3. The molecule has 2 unspecified atom stereocenters. The molecule has 0 aliphatic carbocycles. The van der Waals surface area contributed by atoms with Crippen molar-refractivity contribution < 1.29 is 23.1 Å². The number of carbonyl (C=O) groups is 1. The highest BCUT2D eigenvalue weighted by Gasteiger charge is 2.30. The monoisotopic (exact) mass is 404 g/mol. The zero-order valence-corrected chi connectivity index (χ0v) is 15.7. The molecule has 3 rings (SSSR count). The van der Waals surface area contributed by atoms with Gasteiger partial charge in [0.2, 0.25) is 0 Å². The van der Waals surface area contributed by atoms with Crippen LogP contribution in [-0.4, -0.2) is 38.6 Å². The molecule has 152 valence electrons. The minimum atomic E-state index is -4.43. The van der Waals surface area contributed by atoms with E-state index in [1.807, 2.05) is 0 Å². The Hall–Kier alpha value is -3.07. The van der Waals surface area contributed by atoms with Crippen LogP contribution in [0.4, 0.5) is 13.2 Å². The van der Waals surface area contributed by atoms with Gasteiger partial charge in [-0.1, -0.05) is 19.1 Å². The van der Waals surface area contributed by atoms with Crippen molar-refractivity contribution in [3.8, 4) is 11.1 Å². The van der Waals surface area contributed by atoms with E-state index >= 15 is 0 Å². The molecular formula is C20H19F3N4O2. The quantitative estimate of drug-likeness (QED) is 0.680. The number of hydrogen-bond acceptors (Lipinski definition) is 5. The number of amides is 1. The lowest BCUT2D eigenvalue weighted by molar-refractivity contribution is -0.137. The molecule has 2 heterocycles. The predicted octanol–water partition coefficient (Wildman–Crippen LogP) is 3.46. The molecule has 1 aromatic carbocycles. The van der Waals surface area contributed by atoms with Gasteiger partial charge in [-0.25, -0.2) is 4.98 Å².